The van der Waals surface area contributed by atoms with Gasteiger partial charge in [0.25, 0.3) is 0 Å². The standard InChI is InChI=1S/C29H42O4/c1-6-8-9-10-22-18-28(5)25(13-14-26(28)33-20(4)31)29(7-2)16-15-21-17-23(32-19(3)30)11-12-24(21)27(22)29/h11-12,17,22,25-27H,6-10,13-16,18H2,1-5H3/t22-,25?,26-,27?,28-,29-/m0/s1. The van der Waals surface area contributed by atoms with Gasteiger partial charge in [0, 0.05) is 19.3 Å². The number of carbonyl (C=O) groups excluding carboxylic acids is 2. The van der Waals surface area contributed by atoms with Crippen LogP contribution in [0.25, 0.3) is 0 Å². The molecule has 0 saturated heterocycles. The van der Waals surface area contributed by atoms with Crippen LogP contribution in [0.15, 0.2) is 18.2 Å². The van der Waals surface area contributed by atoms with Crippen LogP contribution in [-0.2, 0) is 20.7 Å². The monoisotopic (exact) mass is 454 g/mol. The zero-order valence-electron chi connectivity index (χ0n) is 21.2. The highest BCUT2D eigenvalue weighted by atomic mass is 16.5. The Labute approximate surface area is 199 Å². The van der Waals surface area contributed by atoms with E-state index in [-0.39, 0.29) is 28.9 Å². The van der Waals surface area contributed by atoms with Crippen molar-refractivity contribution in [3.8, 4) is 5.75 Å². The zero-order chi connectivity index (χ0) is 23.8. The first-order chi connectivity index (χ1) is 15.7. The fourth-order valence-electron chi connectivity index (χ4n) is 8.34. The Balaban J connectivity index is 1.76. The average Bonchev–Trinajstić information content (AvgIpc) is 3.08. The maximum atomic E-state index is 12.0. The molecule has 182 valence electrons. The van der Waals surface area contributed by atoms with Gasteiger partial charge in [0.2, 0.25) is 0 Å². The summed E-state index contributed by atoms with van der Waals surface area (Å²) < 4.78 is 11.4. The van der Waals surface area contributed by atoms with Gasteiger partial charge in [-0.3, -0.25) is 9.59 Å². The largest absolute Gasteiger partial charge is 0.462 e. The fourth-order valence-corrected chi connectivity index (χ4v) is 8.34. The van der Waals surface area contributed by atoms with Crippen molar-refractivity contribution in [2.75, 3.05) is 0 Å². The summed E-state index contributed by atoms with van der Waals surface area (Å²) in [5.41, 5.74) is 3.15. The second kappa shape index (κ2) is 9.43. The molecule has 3 aliphatic carbocycles. The molecule has 0 radical (unpaired) electrons. The Hall–Kier alpha value is -1.84. The molecule has 0 bridgehead atoms. The molecule has 1 aromatic rings. The zero-order valence-corrected chi connectivity index (χ0v) is 21.2. The number of hydrogen-bond donors (Lipinski definition) is 0. The highest BCUT2D eigenvalue weighted by molar-refractivity contribution is 5.69. The number of aryl methyl sites for hydroxylation is 1. The lowest BCUT2D eigenvalue weighted by Gasteiger charge is -2.61. The number of carbonyl (C=O) groups is 2. The second-order valence-corrected chi connectivity index (χ2v) is 11.2. The van der Waals surface area contributed by atoms with Crippen molar-refractivity contribution in [1.29, 1.82) is 0 Å². The van der Waals surface area contributed by atoms with E-state index >= 15 is 0 Å². The molecule has 0 aromatic heterocycles. The molecule has 4 heteroatoms. The van der Waals surface area contributed by atoms with E-state index in [4.69, 9.17) is 9.47 Å². The molecule has 33 heavy (non-hydrogen) atoms. The van der Waals surface area contributed by atoms with Crippen LogP contribution in [0.5, 0.6) is 5.75 Å². The summed E-state index contributed by atoms with van der Waals surface area (Å²) in [6, 6.07) is 6.37. The van der Waals surface area contributed by atoms with Crippen LogP contribution in [0.1, 0.15) is 109 Å². The first kappa shape index (κ1) is 24.3. The lowest BCUT2D eigenvalue weighted by atomic mass is 9.43. The predicted molar refractivity (Wildman–Crippen MR) is 130 cm³/mol. The van der Waals surface area contributed by atoms with Gasteiger partial charge in [-0.1, -0.05) is 46.1 Å². The van der Waals surface area contributed by atoms with E-state index in [2.05, 4.69) is 32.9 Å². The van der Waals surface area contributed by atoms with Gasteiger partial charge in [-0.05, 0) is 91.4 Å². The van der Waals surface area contributed by atoms with E-state index < -0.39 is 0 Å². The van der Waals surface area contributed by atoms with Gasteiger partial charge in [-0.25, -0.2) is 0 Å². The number of rotatable bonds is 7. The van der Waals surface area contributed by atoms with Crippen LogP contribution in [0.4, 0.5) is 0 Å². The Morgan fingerprint density at radius 1 is 1.09 bits per heavy atom. The van der Waals surface area contributed by atoms with Gasteiger partial charge in [0.15, 0.2) is 0 Å². The van der Waals surface area contributed by atoms with Crippen LogP contribution in [0.3, 0.4) is 0 Å². The Kier molecular flexibility index (Phi) is 6.94. The molecule has 0 aliphatic heterocycles. The van der Waals surface area contributed by atoms with E-state index in [9.17, 15) is 9.59 Å². The number of fused-ring (bicyclic) bond motifs is 5. The van der Waals surface area contributed by atoms with E-state index in [1.807, 2.05) is 6.07 Å². The van der Waals surface area contributed by atoms with Gasteiger partial charge >= 0.3 is 11.9 Å². The molecule has 0 N–H and O–H groups in total. The first-order valence-electron chi connectivity index (χ1n) is 13.2. The van der Waals surface area contributed by atoms with E-state index in [1.54, 1.807) is 6.92 Å². The van der Waals surface area contributed by atoms with Crippen LogP contribution in [-0.4, -0.2) is 18.0 Å². The quantitative estimate of drug-likeness (QED) is 0.253. The summed E-state index contributed by atoms with van der Waals surface area (Å²) in [5, 5.41) is 0. The highest BCUT2D eigenvalue weighted by Crippen LogP contribution is 2.70. The number of ether oxygens (including phenoxy) is 2. The minimum atomic E-state index is -0.262. The number of esters is 2. The maximum absolute atomic E-state index is 12.0. The van der Waals surface area contributed by atoms with Crippen molar-refractivity contribution in [2.24, 2.45) is 22.7 Å². The summed E-state index contributed by atoms with van der Waals surface area (Å²) in [5.74, 6) is 1.97. The third-order valence-electron chi connectivity index (χ3n) is 9.45. The minimum absolute atomic E-state index is 0.0470. The van der Waals surface area contributed by atoms with Crippen LogP contribution < -0.4 is 4.74 Å². The van der Waals surface area contributed by atoms with Gasteiger partial charge in [-0.15, -0.1) is 0 Å². The van der Waals surface area contributed by atoms with Gasteiger partial charge < -0.3 is 9.47 Å². The molecule has 0 amide bonds. The Bertz CT molecular complexity index is 892. The van der Waals surface area contributed by atoms with Crippen molar-refractivity contribution in [3.05, 3.63) is 29.3 Å². The fraction of sp³-hybridized carbons (Fsp3) is 0.724. The van der Waals surface area contributed by atoms with Gasteiger partial charge in [0.05, 0.1) is 0 Å². The van der Waals surface area contributed by atoms with Crippen molar-refractivity contribution >= 4 is 11.9 Å². The molecule has 2 saturated carbocycles. The minimum Gasteiger partial charge on any atom is -0.462 e. The van der Waals surface area contributed by atoms with Crippen molar-refractivity contribution in [2.45, 2.75) is 111 Å². The molecule has 0 heterocycles. The number of benzene rings is 1. The SMILES string of the molecule is CCCCC[C@H]1C[C@@]2(C)C(CC[C@@H]2OC(C)=O)[C@]2(CC)CCc3cc(OC(C)=O)ccc3C12. The normalized spacial score (nSPS) is 34.7. The Morgan fingerprint density at radius 3 is 2.55 bits per heavy atom. The summed E-state index contributed by atoms with van der Waals surface area (Å²) in [6.07, 6.45) is 11.7. The van der Waals surface area contributed by atoms with E-state index in [0.717, 1.165) is 25.7 Å². The lowest BCUT2D eigenvalue weighted by Crippen LogP contribution is -2.55. The van der Waals surface area contributed by atoms with Crippen LogP contribution in [0.2, 0.25) is 0 Å². The van der Waals surface area contributed by atoms with Crippen molar-refractivity contribution < 1.29 is 19.1 Å². The highest BCUT2D eigenvalue weighted by Gasteiger charge is 2.64. The molecule has 2 unspecified atom stereocenters. The average molecular weight is 455 g/mol. The van der Waals surface area contributed by atoms with Gasteiger partial charge in [0.1, 0.15) is 11.9 Å². The van der Waals surface area contributed by atoms with Crippen molar-refractivity contribution in [3.63, 3.8) is 0 Å². The van der Waals surface area contributed by atoms with Crippen LogP contribution >= 0.6 is 0 Å². The summed E-state index contributed by atoms with van der Waals surface area (Å²) >= 11 is 0. The molecule has 4 nitrogen and oxygen atoms in total. The summed E-state index contributed by atoms with van der Waals surface area (Å²) in [6.45, 7) is 10.1. The summed E-state index contributed by atoms with van der Waals surface area (Å²) in [7, 11) is 0. The third kappa shape index (κ3) is 4.23. The van der Waals surface area contributed by atoms with Crippen LogP contribution in [0, 0.1) is 22.7 Å². The molecule has 4 rings (SSSR count). The molecule has 1 aromatic carbocycles. The van der Waals surface area contributed by atoms with E-state index in [1.165, 1.54) is 56.6 Å². The number of unbranched alkanes of at least 4 members (excludes halogenated alkanes) is 2. The third-order valence-corrected chi connectivity index (χ3v) is 9.45. The molecular formula is C29H42O4. The molecule has 6 atom stereocenters. The molecule has 2 fully saturated rings. The van der Waals surface area contributed by atoms with Gasteiger partial charge in [-0.2, -0.15) is 0 Å². The van der Waals surface area contributed by atoms with Crippen molar-refractivity contribution in [1.82, 2.24) is 0 Å². The summed E-state index contributed by atoms with van der Waals surface area (Å²) in [4.78, 5) is 23.5. The maximum Gasteiger partial charge on any atom is 0.308 e. The predicted octanol–water partition coefficient (Wildman–Crippen LogP) is 6.99. The Morgan fingerprint density at radius 2 is 1.88 bits per heavy atom. The molecule has 0 spiro atoms. The topological polar surface area (TPSA) is 52.6 Å². The smallest absolute Gasteiger partial charge is 0.308 e. The second-order valence-electron chi connectivity index (χ2n) is 11.2. The molecular weight excluding hydrogens is 412 g/mol. The number of hydrogen-bond acceptors (Lipinski definition) is 4. The van der Waals surface area contributed by atoms with E-state index in [0.29, 0.717) is 23.5 Å². The molecule has 3 aliphatic rings. The first-order valence-corrected chi connectivity index (χ1v) is 13.2. The lowest BCUT2D eigenvalue weighted by molar-refractivity contribution is -0.162.